The van der Waals surface area contributed by atoms with E-state index in [1.54, 1.807) is 12.3 Å². The Hall–Kier alpha value is -2.10. The first-order valence-electron chi connectivity index (χ1n) is 6.14. The molecule has 0 fully saturated rings. The first-order valence-corrected chi connectivity index (χ1v) is 6.96. The smallest absolute Gasteiger partial charge is 0.261 e. The van der Waals surface area contributed by atoms with Gasteiger partial charge in [0.1, 0.15) is 5.82 Å². The highest BCUT2D eigenvalue weighted by Crippen LogP contribution is 2.15. The average molecular weight is 289 g/mol. The summed E-state index contributed by atoms with van der Waals surface area (Å²) in [5.41, 5.74) is 0. The Morgan fingerprint density at radius 2 is 2.40 bits per heavy atom. The second kappa shape index (κ2) is 6.89. The zero-order valence-corrected chi connectivity index (χ0v) is 11.9. The van der Waals surface area contributed by atoms with Crippen LogP contribution in [0, 0.1) is 11.8 Å². The van der Waals surface area contributed by atoms with E-state index in [1.807, 2.05) is 23.9 Å². The van der Waals surface area contributed by atoms with Crippen molar-refractivity contribution in [3.8, 4) is 11.8 Å². The van der Waals surface area contributed by atoms with Gasteiger partial charge in [-0.05, 0) is 12.1 Å². The van der Waals surface area contributed by atoms with Crippen molar-refractivity contribution in [2.24, 2.45) is 7.05 Å². The minimum Gasteiger partial charge on any atom is -0.395 e. The van der Waals surface area contributed by atoms with E-state index in [9.17, 15) is 4.79 Å². The molecule has 2 aromatic heterocycles. The number of nitrogens with zero attached hydrogens (tertiary/aromatic N) is 2. The Morgan fingerprint density at radius 3 is 3.10 bits per heavy atom. The highest BCUT2D eigenvalue weighted by Gasteiger charge is 2.09. The molecule has 1 amide bonds. The van der Waals surface area contributed by atoms with Gasteiger partial charge in [-0.1, -0.05) is 11.8 Å². The number of hydrogen-bond acceptors (Lipinski definition) is 4. The predicted molar refractivity (Wildman–Crippen MR) is 77.3 cm³/mol. The van der Waals surface area contributed by atoms with E-state index in [4.69, 9.17) is 5.11 Å². The maximum atomic E-state index is 12.0. The minimum absolute atomic E-state index is 0.0510. The maximum absolute atomic E-state index is 12.0. The van der Waals surface area contributed by atoms with Gasteiger partial charge in [0.15, 0.2) is 0 Å². The van der Waals surface area contributed by atoms with Gasteiger partial charge >= 0.3 is 0 Å². The summed E-state index contributed by atoms with van der Waals surface area (Å²) in [7, 11) is 1.88. The molecule has 0 bridgehead atoms. The Labute approximate surface area is 121 Å². The number of aromatic nitrogens is 2. The van der Waals surface area contributed by atoms with E-state index >= 15 is 0 Å². The SMILES string of the molecule is Cn1ccnc1CNC(=O)c1ccc(C#CCCO)s1. The van der Waals surface area contributed by atoms with Crippen LogP contribution in [0.2, 0.25) is 0 Å². The number of aryl methyl sites for hydroxylation is 1. The molecule has 0 aliphatic carbocycles. The Balaban J connectivity index is 1.93. The topological polar surface area (TPSA) is 67.2 Å². The van der Waals surface area contributed by atoms with E-state index in [2.05, 4.69) is 22.1 Å². The van der Waals surface area contributed by atoms with Crippen LogP contribution >= 0.6 is 11.3 Å². The van der Waals surface area contributed by atoms with E-state index in [1.165, 1.54) is 11.3 Å². The summed E-state index contributed by atoms with van der Waals surface area (Å²) in [6.07, 6.45) is 3.97. The number of thiophene rings is 1. The number of aliphatic hydroxyl groups is 1. The van der Waals surface area contributed by atoms with Crippen molar-refractivity contribution in [3.63, 3.8) is 0 Å². The molecule has 5 nitrogen and oxygen atoms in total. The Bertz CT molecular complexity index is 649. The molecule has 0 saturated heterocycles. The third-order valence-corrected chi connectivity index (χ3v) is 3.61. The molecule has 0 saturated carbocycles. The van der Waals surface area contributed by atoms with E-state index < -0.39 is 0 Å². The summed E-state index contributed by atoms with van der Waals surface area (Å²) >= 11 is 1.34. The van der Waals surface area contributed by atoms with Crippen LogP contribution in [0.3, 0.4) is 0 Å². The Morgan fingerprint density at radius 1 is 1.55 bits per heavy atom. The fourth-order valence-electron chi connectivity index (χ4n) is 1.55. The lowest BCUT2D eigenvalue weighted by Crippen LogP contribution is -2.23. The van der Waals surface area contributed by atoms with Crippen LogP contribution in [0.4, 0.5) is 0 Å². The number of carbonyl (C=O) groups excluding carboxylic acids is 1. The highest BCUT2D eigenvalue weighted by atomic mass is 32.1. The highest BCUT2D eigenvalue weighted by molar-refractivity contribution is 7.14. The fraction of sp³-hybridized carbons (Fsp3) is 0.286. The summed E-state index contributed by atoms with van der Waals surface area (Å²) in [5.74, 6) is 6.41. The van der Waals surface area contributed by atoms with Crippen molar-refractivity contribution in [2.75, 3.05) is 6.61 Å². The molecule has 2 N–H and O–H groups in total. The average Bonchev–Trinajstić information content (AvgIpc) is 3.06. The quantitative estimate of drug-likeness (QED) is 0.830. The largest absolute Gasteiger partial charge is 0.395 e. The van der Waals surface area contributed by atoms with Gasteiger partial charge in [-0.25, -0.2) is 4.98 Å². The van der Waals surface area contributed by atoms with E-state index in [0.29, 0.717) is 17.8 Å². The van der Waals surface area contributed by atoms with Crippen LogP contribution in [-0.4, -0.2) is 27.2 Å². The molecular weight excluding hydrogens is 274 g/mol. The predicted octanol–water partition coefficient (Wildman–Crippen LogP) is 1.15. The van der Waals surface area contributed by atoms with Crippen molar-refractivity contribution in [1.82, 2.24) is 14.9 Å². The molecule has 0 radical (unpaired) electrons. The van der Waals surface area contributed by atoms with Crippen molar-refractivity contribution in [3.05, 3.63) is 40.1 Å². The lowest BCUT2D eigenvalue weighted by molar-refractivity contribution is 0.0953. The van der Waals surface area contributed by atoms with Gasteiger partial charge in [0, 0.05) is 25.9 Å². The van der Waals surface area contributed by atoms with Gasteiger partial charge in [-0.15, -0.1) is 11.3 Å². The van der Waals surface area contributed by atoms with Gasteiger partial charge in [-0.3, -0.25) is 4.79 Å². The molecule has 0 aromatic carbocycles. The lowest BCUT2D eigenvalue weighted by atomic mass is 10.4. The molecule has 0 aliphatic rings. The third kappa shape index (κ3) is 3.70. The second-order valence-electron chi connectivity index (χ2n) is 4.08. The molecule has 2 heterocycles. The van der Waals surface area contributed by atoms with Crippen LogP contribution in [0.25, 0.3) is 0 Å². The number of hydrogen-bond donors (Lipinski definition) is 2. The summed E-state index contributed by atoms with van der Waals surface area (Å²) in [6.45, 7) is 0.446. The summed E-state index contributed by atoms with van der Waals surface area (Å²) in [5, 5.41) is 11.5. The zero-order chi connectivity index (χ0) is 14.4. The maximum Gasteiger partial charge on any atom is 0.261 e. The monoisotopic (exact) mass is 289 g/mol. The zero-order valence-electron chi connectivity index (χ0n) is 11.1. The standard InChI is InChI=1S/C14H15N3O2S/c1-17-8-7-15-13(17)10-16-14(19)12-6-5-11(20-12)4-2-3-9-18/h5-8,18H,3,9-10H2,1H3,(H,16,19). The Kier molecular flexibility index (Phi) is 4.93. The first-order chi connectivity index (χ1) is 9.70. The molecule has 0 spiro atoms. The molecule has 0 atom stereocenters. The minimum atomic E-state index is -0.131. The fourth-order valence-corrected chi connectivity index (χ4v) is 2.34. The van der Waals surface area contributed by atoms with Crippen LogP contribution < -0.4 is 5.32 Å². The van der Waals surface area contributed by atoms with Gasteiger partial charge in [-0.2, -0.15) is 0 Å². The van der Waals surface area contributed by atoms with Crippen molar-refractivity contribution in [1.29, 1.82) is 0 Å². The number of imidazole rings is 1. The van der Waals surface area contributed by atoms with Gasteiger partial charge in [0.05, 0.1) is 22.9 Å². The molecule has 0 aliphatic heterocycles. The molecule has 2 rings (SSSR count). The van der Waals surface area contributed by atoms with Crippen molar-refractivity contribution in [2.45, 2.75) is 13.0 Å². The van der Waals surface area contributed by atoms with E-state index in [0.717, 1.165) is 10.7 Å². The second-order valence-corrected chi connectivity index (χ2v) is 5.16. The summed E-state index contributed by atoms with van der Waals surface area (Å²) in [6, 6.07) is 3.56. The molecular formula is C14H15N3O2S. The van der Waals surface area contributed by atoms with Crippen molar-refractivity contribution < 1.29 is 9.90 Å². The lowest BCUT2D eigenvalue weighted by Gasteiger charge is -2.03. The number of nitrogens with one attached hydrogen (secondary N) is 1. The molecule has 104 valence electrons. The summed E-state index contributed by atoms with van der Waals surface area (Å²) in [4.78, 5) is 17.5. The molecule has 0 unspecified atom stereocenters. The van der Waals surface area contributed by atoms with Gasteiger partial charge < -0.3 is 15.0 Å². The number of rotatable bonds is 4. The number of amides is 1. The first kappa shape index (κ1) is 14.3. The molecule has 20 heavy (non-hydrogen) atoms. The third-order valence-electron chi connectivity index (χ3n) is 2.61. The number of carbonyl (C=O) groups is 1. The number of aliphatic hydroxyl groups excluding tert-OH is 1. The van der Waals surface area contributed by atoms with Crippen LogP contribution in [0.15, 0.2) is 24.5 Å². The van der Waals surface area contributed by atoms with E-state index in [-0.39, 0.29) is 12.5 Å². The molecule has 2 aromatic rings. The summed E-state index contributed by atoms with van der Waals surface area (Å²) < 4.78 is 1.86. The van der Waals surface area contributed by atoms with Crippen LogP contribution in [0.1, 0.15) is 26.8 Å². The van der Waals surface area contributed by atoms with Crippen molar-refractivity contribution >= 4 is 17.2 Å². The van der Waals surface area contributed by atoms with Gasteiger partial charge in [0.2, 0.25) is 0 Å². The van der Waals surface area contributed by atoms with Gasteiger partial charge in [0.25, 0.3) is 5.91 Å². The van der Waals surface area contributed by atoms with Crippen LogP contribution in [0.5, 0.6) is 0 Å². The molecule has 6 heteroatoms. The van der Waals surface area contributed by atoms with Crippen LogP contribution in [-0.2, 0) is 13.6 Å². The normalized spacial score (nSPS) is 9.90.